The Morgan fingerprint density at radius 1 is 1.50 bits per heavy atom. The molecular weight excluding hydrogens is 168 g/mol. The molecule has 0 aromatic rings. The highest BCUT2D eigenvalue weighted by atomic mass is 79.9. The van der Waals surface area contributed by atoms with E-state index in [0.717, 1.165) is 11.1 Å². The highest BCUT2D eigenvalue weighted by Crippen LogP contribution is 2.35. The Balaban J connectivity index is 2.41. The van der Waals surface area contributed by atoms with Gasteiger partial charge in [0, 0.05) is 0 Å². The van der Waals surface area contributed by atoms with Crippen LogP contribution in [0.4, 0.5) is 0 Å². The summed E-state index contributed by atoms with van der Waals surface area (Å²) in [4.78, 5) is 10.9. The summed E-state index contributed by atoms with van der Waals surface area (Å²) in [5, 5.41) is 0. The maximum absolute atomic E-state index is 10.1. The number of hydrogen-bond acceptors (Lipinski definition) is 1. The number of rotatable bonds is 1. The van der Waals surface area contributed by atoms with Crippen LogP contribution in [0.25, 0.3) is 0 Å². The molecule has 1 fully saturated rings. The zero-order valence-electron chi connectivity index (χ0n) is 4.10. The van der Waals surface area contributed by atoms with Crippen molar-refractivity contribution < 1.29 is 4.79 Å². The average molecular weight is 172 g/mol. The van der Waals surface area contributed by atoms with E-state index in [0.29, 0.717) is 5.92 Å². The molecule has 1 rings (SSSR count). The number of carbonyl (C=O) groups excluding carboxylic acids is 1. The fraction of sp³-hybridized carbons (Fsp3) is 0. The van der Waals surface area contributed by atoms with Gasteiger partial charge >= 0.3 is 0 Å². The lowest BCUT2D eigenvalue weighted by Crippen LogP contribution is -1.96. The molecule has 0 N–H and O–H groups in total. The van der Waals surface area contributed by atoms with E-state index >= 15 is 0 Å². The second-order valence-corrected chi connectivity index (χ2v) is 2.30. The summed E-state index contributed by atoms with van der Waals surface area (Å²) in [5.41, 5.74) is 0. The van der Waals surface area contributed by atoms with Gasteiger partial charge in [0.2, 0.25) is 0 Å². The van der Waals surface area contributed by atoms with Crippen molar-refractivity contribution in [2.24, 2.45) is 0 Å². The summed E-state index contributed by atoms with van der Waals surface area (Å²) in [6, 6.07) is 0. The fourth-order valence-corrected chi connectivity index (χ4v) is 0.886. The van der Waals surface area contributed by atoms with Gasteiger partial charge in [-0.25, -0.2) is 0 Å². The van der Waals surface area contributed by atoms with Gasteiger partial charge in [-0.3, -0.25) is 0 Å². The Kier molecular flexibility index (Phi) is 2.06. The third kappa shape index (κ3) is 1.10. The summed E-state index contributed by atoms with van der Waals surface area (Å²) in [5.74, 6) is 0.713. The monoisotopic (exact) mass is 171 g/mol. The van der Waals surface area contributed by atoms with Crippen molar-refractivity contribution in [3.63, 3.8) is 0 Å². The average Bonchev–Trinajstić information content (AvgIpc) is 2.14. The highest BCUT2D eigenvalue weighted by Gasteiger charge is 2.26. The van der Waals surface area contributed by atoms with E-state index in [4.69, 9.17) is 0 Å². The molecule has 0 heterocycles. The molecule has 0 saturated heterocycles. The van der Waals surface area contributed by atoms with Gasteiger partial charge in [0.25, 0.3) is 0 Å². The van der Waals surface area contributed by atoms with Crippen LogP contribution in [0.15, 0.2) is 0 Å². The molecule has 1 aliphatic carbocycles. The van der Waals surface area contributed by atoms with Crippen LogP contribution >= 0.6 is 15.9 Å². The van der Waals surface area contributed by atoms with Crippen molar-refractivity contribution >= 4 is 22.2 Å². The summed E-state index contributed by atoms with van der Waals surface area (Å²) < 4.78 is 0. The summed E-state index contributed by atoms with van der Waals surface area (Å²) in [7, 11) is 0. The van der Waals surface area contributed by atoms with Gasteiger partial charge < -0.3 is 4.79 Å². The summed E-state index contributed by atoms with van der Waals surface area (Å²) in [6.07, 6.45) is 6.25. The van der Waals surface area contributed by atoms with Crippen LogP contribution in [-0.2, 0) is 4.79 Å². The van der Waals surface area contributed by atoms with Crippen LogP contribution in [0.2, 0.25) is 0 Å². The highest BCUT2D eigenvalue weighted by molar-refractivity contribution is 9.11. The minimum atomic E-state index is 0.713. The Morgan fingerprint density at radius 2 is 2.25 bits per heavy atom. The van der Waals surface area contributed by atoms with Crippen molar-refractivity contribution in [3.8, 4) is 0 Å². The molecule has 2 heteroatoms. The molecule has 8 heavy (non-hydrogen) atoms. The van der Waals surface area contributed by atoms with Crippen molar-refractivity contribution in [3.05, 3.63) is 30.0 Å². The first kappa shape index (κ1) is 6.27. The third-order valence-electron chi connectivity index (χ3n) is 0.921. The summed E-state index contributed by atoms with van der Waals surface area (Å²) >= 11 is 3.20. The van der Waals surface area contributed by atoms with E-state index in [9.17, 15) is 4.79 Å². The van der Waals surface area contributed by atoms with Crippen molar-refractivity contribution in [1.82, 2.24) is 0 Å². The van der Waals surface area contributed by atoms with E-state index in [-0.39, 0.29) is 0 Å². The van der Waals surface area contributed by atoms with Crippen molar-refractivity contribution in [2.75, 3.05) is 0 Å². The van der Waals surface area contributed by atoms with Crippen LogP contribution in [-0.4, -0.2) is 6.29 Å². The minimum absolute atomic E-state index is 0.713. The molecule has 0 spiro atoms. The number of halogens is 1. The van der Waals surface area contributed by atoms with Gasteiger partial charge in [0.15, 0.2) is 0 Å². The Labute approximate surface area is 57.6 Å². The zero-order valence-corrected chi connectivity index (χ0v) is 5.68. The van der Waals surface area contributed by atoms with Crippen LogP contribution in [0.1, 0.15) is 0 Å². The predicted molar refractivity (Wildman–Crippen MR) is 34.4 cm³/mol. The Hall–Kier alpha value is 0.150. The van der Waals surface area contributed by atoms with E-state index in [2.05, 4.69) is 15.9 Å². The number of aldehydes is 1. The largest absolute Gasteiger partial charge is 0.303 e. The first-order valence-corrected chi connectivity index (χ1v) is 3.00. The SMILES string of the molecule is O=C[C]1[CH][CH][CH][C]1Br. The van der Waals surface area contributed by atoms with E-state index in [1.165, 1.54) is 0 Å². The van der Waals surface area contributed by atoms with E-state index < -0.39 is 0 Å². The lowest BCUT2D eigenvalue weighted by molar-refractivity contribution is -0.105. The zero-order chi connectivity index (χ0) is 5.98. The van der Waals surface area contributed by atoms with Gasteiger partial charge in [0.05, 0.1) is 10.7 Å². The topological polar surface area (TPSA) is 17.1 Å². The van der Waals surface area contributed by atoms with Crippen LogP contribution in [0.5, 0.6) is 0 Å². The Morgan fingerprint density at radius 3 is 2.50 bits per heavy atom. The molecule has 1 saturated carbocycles. The smallest absolute Gasteiger partial charge is 0.128 e. The molecule has 0 aromatic heterocycles. The third-order valence-corrected chi connectivity index (χ3v) is 1.64. The molecule has 1 nitrogen and oxygen atoms in total. The van der Waals surface area contributed by atoms with E-state index in [1.807, 2.05) is 12.8 Å². The van der Waals surface area contributed by atoms with Crippen molar-refractivity contribution in [1.29, 1.82) is 0 Å². The molecule has 0 bridgehead atoms. The quantitative estimate of drug-likeness (QED) is 0.545. The van der Waals surface area contributed by atoms with Crippen LogP contribution in [0.3, 0.4) is 0 Å². The molecule has 0 unspecified atom stereocenters. The normalized spacial score (nSPS) is 24.1. The number of hydrogen-bond donors (Lipinski definition) is 0. The van der Waals surface area contributed by atoms with Gasteiger partial charge in [-0.1, -0.05) is 15.9 Å². The van der Waals surface area contributed by atoms with E-state index in [1.54, 1.807) is 6.42 Å². The molecule has 5 radical (unpaired) electrons. The van der Waals surface area contributed by atoms with Crippen LogP contribution in [0, 0.1) is 30.0 Å². The molecule has 0 aromatic carbocycles. The summed E-state index contributed by atoms with van der Waals surface area (Å²) in [6.45, 7) is 0. The maximum atomic E-state index is 10.1. The van der Waals surface area contributed by atoms with Gasteiger partial charge in [-0.15, -0.1) is 0 Å². The van der Waals surface area contributed by atoms with Crippen molar-refractivity contribution in [2.45, 2.75) is 0 Å². The molecule has 0 amide bonds. The Bertz CT molecular complexity index is 92.5. The van der Waals surface area contributed by atoms with Gasteiger partial charge in [0.1, 0.15) is 6.29 Å². The number of carbonyl (C=O) groups is 1. The molecule has 1 aliphatic rings. The van der Waals surface area contributed by atoms with Gasteiger partial charge in [-0.2, -0.15) is 0 Å². The standard InChI is InChI=1S/C6H4BrO/c7-6-3-1-2-5(6)4-8/h1-4H. The maximum Gasteiger partial charge on any atom is 0.128 e. The first-order chi connectivity index (χ1) is 3.84. The van der Waals surface area contributed by atoms with Gasteiger partial charge in [-0.05, 0) is 19.3 Å². The predicted octanol–water partition coefficient (Wildman–Crippen LogP) is 1.31. The second-order valence-electron chi connectivity index (χ2n) is 1.45. The molecule has 41 valence electrons. The molecular formula is C6H4BrO. The van der Waals surface area contributed by atoms with Crippen LogP contribution < -0.4 is 0 Å². The minimum Gasteiger partial charge on any atom is -0.303 e. The molecule has 0 aliphatic heterocycles. The lowest BCUT2D eigenvalue weighted by atomic mass is 10.1. The molecule has 0 atom stereocenters. The first-order valence-electron chi connectivity index (χ1n) is 2.21. The lowest BCUT2D eigenvalue weighted by Gasteiger charge is -1.98. The second kappa shape index (κ2) is 2.62. The fourth-order valence-electron chi connectivity index (χ4n) is 0.508.